The monoisotopic (exact) mass is 265 g/mol. The molecule has 0 saturated carbocycles. The lowest BCUT2D eigenvalue weighted by Gasteiger charge is -2.29. The van der Waals surface area contributed by atoms with Crippen LogP contribution in [0.3, 0.4) is 0 Å². The Morgan fingerprint density at radius 1 is 1.26 bits per heavy atom. The van der Waals surface area contributed by atoms with E-state index in [0.717, 1.165) is 0 Å². The first-order valence-electron chi connectivity index (χ1n) is 6.27. The molecule has 0 atom stereocenters. The smallest absolute Gasteiger partial charge is 0.294 e. The molecule has 7 nitrogen and oxygen atoms in total. The van der Waals surface area contributed by atoms with Gasteiger partial charge in [0.15, 0.2) is 0 Å². The van der Waals surface area contributed by atoms with Crippen molar-refractivity contribution in [3.05, 3.63) is 22.2 Å². The van der Waals surface area contributed by atoms with E-state index in [4.69, 9.17) is 9.47 Å². The van der Waals surface area contributed by atoms with Crippen LogP contribution in [0.1, 0.15) is 0 Å². The average molecular weight is 265 g/mol. The highest BCUT2D eigenvalue weighted by Crippen LogP contribution is 2.39. The number of nitro groups is 1. The van der Waals surface area contributed by atoms with E-state index in [1.807, 2.05) is 4.90 Å². The molecule has 3 rings (SSSR count). The van der Waals surface area contributed by atoms with Crippen molar-refractivity contribution >= 4 is 17.1 Å². The summed E-state index contributed by atoms with van der Waals surface area (Å²) in [5, 5.41) is 14.3. The van der Waals surface area contributed by atoms with Gasteiger partial charge in [-0.2, -0.15) is 0 Å². The highest BCUT2D eigenvalue weighted by molar-refractivity contribution is 5.75. The number of hydrogen-bond acceptors (Lipinski definition) is 6. The largest absolute Gasteiger partial charge is 0.489 e. The number of nitro benzene ring substituents is 1. The maximum atomic E-state index is 11.2. The normalized spacial score (nSPS) is 18.2. The van der Waals surface area contributed by atoms with Gasteiger partial charge in [0.05, 0.1) is 23.8 Å². The molecule has 7 heteroatoms. The van der Waals surface area contributed by atoms with Gasteiger partial charge >= 0.3 is 0 Å². The second-order valence-electron chi connectivity index (χ2n) is 4.47. The Labute approximate surface area is 110 Å². The number of anilines is 2. The van der Waals surface area contributed by atoms with Gasteiger partial charge in [0.2, 0.25) is 0 Å². The third-order valence-corrected chi connectivity index (χ3v) is 3.30. The molecule has 0 aliphatic carbocycles. The van der Waals surface area contributed by atoms with E-state index in [1.54, 1.807) is 12.1 Å². The molecule has 19 heavy (non-hydrogen) atoms. The number of nitrogens with one attached hydrogen (secondary N) is 1. The lowest BCUT2D eigenvalue weighted by atomic mass is 10.1. The summed E-state index contributed by atoms with van der Waals surface area (Å²) in [5.41, 5.74) is 1.41. The van der Waals surface area contributed by atoms with Gasteiger partial charge in [-0.1, -0.05) is 0 Å². The topological polar surface area (TPSA) is 76.9 Å². The quantitative estimate of drug-likeness (QED) is 0.640. The number of rotatable bonds is 2. The Morgan fingerprint density at radius 2 is 2.05 bits per heavy atom. The zero-order valence-electron chi connectivity index (χ0n) is 10.4. The van der Waals surface area contributed by atoms with Crippen LogP contribution >= 0.6 is 0 Å². The number of morpholine rings is 1. The summed E-state index contributed by atoms with van der Waals surface area (Å²) >= 11 is 0. The fraction of sp³-hybridized carbons (Fsp3) is 0.500. The summed E-state index contributed by atoms with van der Waals surface area (Å²) in [6, 6.07) is 3.31. The second-order valence-corrected chi connectivity index (χ2v) is 4.47. The van der Waals surface area contributed by atoms with Crippen molar-refractivity contribution < 1.29 is 14.4 Å². The molecule has 0 bridgehead atoms. The Balaban J connectivity index is 2.02. The van der Waals surface area contributed by atoms with Gasteiger partial charge in [-0.25, -0.2) is 0 Å². The van der Waals surface area contributed by atoms with Crippen LogP contribution in [-0.2, 0) is 4.74 Å². The summed E-state index contributed by atoms with van der Waals surface area (Å²) in [5.74, 6) is 0.679. The Kier molecular flexibility index (Phi) is 3.12. The van der Waals surface area contributed by atoms with Gasteiger partial charge in [0.25, 0.3) is 5.69 Å². The molecule has 0 unspecified atom stereocenters. The molecule has 1 aromatic carbocycles. The zero-order chi connectivity index (χ0) is 13.2. The van der Waals surface area contributed by atoms with Crippen LogP contribution in [0.5, 0.6) is 5.75 Å². The summed E-state index contributed by atoms with van der Waals surface area (Å²) in [7, 11) is 0. The first-order valence-corrected chi connectivity index (χ1v) is 6.27. The third-order valence-electron chi connectivity index (χ3n) is 3.30. The molecule has 0 radical (unpaired) electrons. The predicted octanol–water partition coefficient (Wildman–Crippen LogP) is 1.24. The standard InChI is InChI=1S/C12H15N3O4/c16-15(17)11-7-9-12(19-4-1-13-9)8-10(11)14-2-5-18-6-3-14/h7-8,13H,1-6H2. The summed E-state index contributed by atoms with van der Waals surface area (Å²) in [6.45, 7) is 3.75. The average Bonchev–Trinajstić information content (AvgIpc) is 2.46. The van der Waals surface area contributed by atoms with E-state index >= 15 is 0 Å². The predicted molar refractivity (Wildman–Crippen MR) is 70.1 cm³/mol. The van der Waals surface area contributed by atoms with Gasteiger partial charge in [0, 0.05) is 31.8 Å². The molecular formula is C12H15N3O4. The Hall–Kier alpha value is -2.02. The highest BCUT2D eigenvalue weighted by Gasteiger charge is 2.25. The molecule has 2 heterocycles. The molecule has 1 aromatic rings. The summed E-state index contributed by atoms with van der Waals surface area (Å²) in [6.07, 6.45) is 0. The minimum Gasteiger partial charge on any atom is -0.489 e. The van der Waals surface area contributed by atoms with E-state index in [9.17, 15) is 10.1 Å². The molecule has 2 aliphatic heterocycles. The number of hydrogen-bond donors (Lipinski definition) is 1. The van der Waals surface area contributed by atoms with Crippen molar-refractivity contribution in [2.24, 2.45) is 0 Å². The van der Waals surface area contributed by atoms with Crippen molar-refractivity contribution in [3.8, 4) is 5.75 Å². The van der Waals surface area contributed by atoms with Gasteiger partial charge < -0.3 is 19.7 Å². The molecule has 102 valence electrons. The first-order chi connectivity index (χ1) is 9.25. The number of ether oxygens (including phenoxy) is 2. The van der Waals surface area contributed by atoms with Crippen LogP contribution < -0.4 is 15.0 Å². The highest BCUT2D eigenvalue weighted by atomic mass is 16.6. The molecule has 1 saturated heterocycles. The van der Waals surface area contributed by atoms with E-state index in [2.05, 4.69) is 5.32 Å². The van der Waals surface area contributed by atoms with E-state index < -0.39 is 0 Å². The van der Waals surface area contributed by atoms with Gasteiger partial charge in [-0.3, -0.25) is 10.1 Å². The van der Waals surface area contributed by atoms with Crippen LogP contribution in [0, 0.1) is 10.1 Å². The van der Waals surface area contributed by atoms with E-state index in [-0.39, 0.29) is 10.6 Å². The van der Waals surface area contributed by atoms with E-state index in [1.165, 1.54) is 0 Å². The molecule has 0 amide bonds. The summed E-state index contributed by atoms with van der Waals surface area (Å²) in [4.78, 5) is 12.9. The molecule has 0 aromatic heterocycles. The van der Waals surface area contributed by atoms with Crippen LogP contribution in [0.25, 0.3) is 0 Å². The number of nitrogens with zero attached hydrogens (tertiary/aromatic N) is 2. The number of benzene rings is 1. The SMILES string of the molecule is O=[N+]([O-])c1cc2c(cc1N1CCOCC1)OCCN2. The fourth-order valence-electron chi connectivity index (χ4n) is 2.37. The minimum atomic E-state index is -0.346. The molecule has 1 N–H and O–H groups in total. The van der Waals surface area contributed by atoms with Crippen molar-refractivity contribution in [3.63, 3.8) is 0 Å². The lowest BCUT2D eigenvalue weighted by Crippen LogP contribution is -2.36. The van der Waals surface area contributed by atoms with Crippen molar-refractivity contribution in [2.45, 2.75) is 0 Å². The van der Waals surface area contributed by atoms with Crippen LogP contribution in [0.15, 0.2) is 12.1 Å². The number of fused-ring (bicyclic) bond motifs is 1. The van der Waals surface area contributed by atoms with Gasteiger partial charge in [0.1, 0.15) is 18.0 Å². The molecule has 0 spiro atoms. The molecule has 2 aliphatic rings. The lowest BCUT2D eigenvalue weighted by molar-refractivity contribution is -0.384. The zero-order valence-corrected chi connectivity index (χ0v) is 10.4. The third kappa shape index (κ3) is 2.28. The van der Waals surface area contributed by atoms with Gasteiger partial charge in [-0.05, 0) is 0 Å². The Morgan fingerprint density at radius 3 is 2.79 bits per heavy atom. The van der Waals surface area contributed by atoms with Crippen LogP contribution in [0.2, 0.25) is 0 Å². The van der Waals surface area contributed by atoms with Crippen molar-refractivity contribution in [1.82, 2.24) is 0 Å². The molecular weight excluding hydrogens is 250 g/mol. The van der Waals surface area contributed by atoms with Crippen LogP contribution in [0.4, 0.5) is 17.1 Å². The van der Waals surface area contributed by atoms with Crippen molar-refractivity contribution in [1.29, 1.82) is 0 Å². The van der Waals surface area contributed by atoms with Gasteiger partial charge in [-0.15, -0.1) is 0 Å². The minimum absolute atomic E-state index is 0.110. The second kappa shape index (κ2) is 4.93. The van der Waals surface area contributed by atoms with Crippen molar-refractivity contribution in [2.75, 3.05) is 49.7 Å². The maximum absolute atomic E-state index is 11.2. The van der Waals surface area contributed by atoms with Crippen LogP contribution in [-0.4, -0.2) is 44.4 Å². The summed E-state index contributed by atoms with van der Waals surface area (Å²) < 4.78 is 10.8. The molecule has 1 fully saturated rings. The maximum Gasteiger partial charge on any atom is 0.294 e. The Bertz CT molecular complexity index is 500. The first kappa shape index (κ1) is 12.0. The van der Waals surface area contributed by atoms with E-state index in [0.29, 0.717) is 56.6 Å². The fourth-order valence-corrected chi connectivity index (χ4v) is 2.37.